The van der Waals surface area contributed by atoms with Crippen molar-refractivity contribution in [3.05, 3.63) is 69.1 Å². The van der Waals surface area contributed by atoms with Crippen molar-refractivity contribution >= 4 is 16.7 Å². The summed E-state index contributed by atoms with van der Waals surface area (Å²) >= 11 is 0. The summed E-state index contributed by atoms with van der Waals surface area (Å²) in [5.74, 6) is 0.853. The Labute approximate surface area is 165 Å². The lowest BCUT2D eigenvalue weighted by atomic mass is 9.98. The van der Waals surface area contributed by atoms with Crippen molar-refractivity contribution in [2.24, 2.45) is 0 Å². The van der Waals surface area contributed by atoms with Crippen LogP contribution < -0.4 is 15.3 Å². The minimum absolute atomic E-state index is 0.282. The molecule has 0 spiro atoms. The van der Waals surface area contributed by atoms with Gasteiger partial charge in [-0.1, -0.05) is 32.4 Å². The Hall–Kier alpha value is -2.75. The number of hydrogen-bond donors (Lipinski definition) is 0. The van der Waals surface area contributed by atoms with Crippen LogP contribution in [0.15, 0.2) is 45.6 Å². The second-order valence-electron chi connectivity index (χ2n) is 7.56. The molecule has 2 heterocycles. The number of unbranched alkanes of at least 4 members (excludes halogenated alkanes) is 1. The maximum Gasteiger partial charge on any atom is 0.336 e. The molecule has 0 amide bonds. The van der Waals surface area contributed by atoms with E-state index < -0.39 is 0 Å². The van der Waals surface area contributed by atoms with E-state index in [-0.39, 0.29) is 5.63 Å². The Morgan fingerprint density at radius 2 is 2.00 bits per heavy atom. The van der Waals surface area contributed by atoms with Gasteiger partial charge < -0.3 is 14.1 Å². The zero-order valence-corrected chi connectivity index (χ0v) is 16.9. The summed E-state index contributed by atoms with van der Waals surface area (Å²) in [6.07, 6.45) is 4.06. The lowest BCUT2D eigenvalue weighted by molar-refractivity contribution is 0.287. The van der Waals surface area contributed by atoms with Crippen LogP contribution in [0.2, 0.25) is 0 Å². The Morgan fingerprint density at radius 3 is 2.79 bits per heavy atom. The van der Waals surface area contributed by atoms with E-state index in [4.69, 9.17) is 9.15 Å². The van der Waals surface area contributed by atoms with Crippen molar-refractivity contribution in [2.45, 2.75) is 53.0 Å². The maximum atomic E-state index is 12.1. The van der Waals surface area contributed by atoms with Crippen LogP contribution in [0.25, 0.3) is 11.0 Å². The van der Waals surface area contributed by atoms with Crippen molar-refractivity contribution in [1.29, 1.82) is 0 Å². The molecular weight excluding hydrogens is 350 g/mol. The van der Waals surface area contributed by atoms with E-state index in [2.05, 4.69) is 49.1 Å². The predicted molar refractivity (Wildman–Crippen MR) is 113 cm³/mol. The fraction of sp³-hybridized carbons (Fsp3) is 0.375. The van der Waals surface area contributed by atoms with Gasteiger partial charge in [0.15, 0.2) is 6.73 Å². The minimum atomic E-state index is -0.282. The summed E-state index contributed by atoms with van der Waals surface area (Å²) in [6, 6.07) is 12.4. The first-order valence-electron chi connectivity index (χ1n) is 10.2. The molecule has 2 aromatic carbocycles. The van der Waals surface area contributed by atoms with Gasteiger partial charge in [0.1, 0.15) is 11.3 Å². The number of ether oxygens (including phenoxy) is 1. The highest BCUT2D eigenvalue weighted by molar-refractivity contribution is 5.86. The quantitative estimate of drug-likeness (QED) is 0.561. The van der Waals surface area contributed by atoms with Crippen LogP contribution in [0, 0.1) is 6.92 Å². The summed E-state index contributed by atoms with van der Waals surface area (Å²) in [6.45, 7) is 7.60. The molecule has 3 aromatic rings. The highest BCUT2D eigenvalue weighted by Crippen LogP contribution is 2.37. The topological polar surface area (TPSA) is 42.7 Å². The van der Waals surface area contributed by atoms with Crippen LogP contribution >= 0.6 is 0 Å². The molecule has 0 unspecified atom stereocenters. The molecule has 4 heteroatoms. The molecule has 0 radical (unpaired) electrons. The molecule has 146 valence electrons. The van der Waals surface area contributed by atoms with Gasteiger partial charge in [-0.15, -0.1) is 0 Å². The zero-order chi connectivity index (χ0) is 19.7. The van der Waals surface area contributed by atoms with E-state index >= 15 is 0 Å². The van der Waals surface area contributed by atoms with Crippen LogP contribution in [0.1, 0.15) is 48.9 Å². The van der Waals surface area contributed by atoms with Gasteiger partial charge >= 0.3 is 5.63 Å². The first-order chi connectivity index (χ1) is 13.6. The number of aryl methyl sites for hydroxylation is 3. The Bertz CT molecular complexity index is 1070. The average Bonchev–Trinajstić information content (AvgIpc) is 2.72. The highest BCUT2D eigenvalue weighted by Gasteiger charge is 2.23. The molecule has 0 N–H and O–H groups in total. The molecule has 28 heavy (non-hydrogen) atoms. The van der Waals surface area contributed by atoms with Gasteiger partial charge in [-0.3, -0.25) is 0 Å². The van der Waals surface area contributed by atoms with E-state index in [1.165, 1.54) is 11.3 Å². The van der Waals surface area contributed by atoms with Gasteiger partial charge in [0.25, 0.3) is 0 Å². The third-order valence-electron chi connectivity index (χ3n) is 5.59. The van der Waals surface area contributed by atoms with Crippen LogP contribution in [0.4, 0.5) is 5.69 Å². The van der Waals surface area contributed by atoms with Crippen LogP contribution in [0.3, 0.4) is 0 Å². The van der Waals surface area contributed by atoms with Crippen molar-refractivity contribution in [3.63, 3.8) is 0 Å². The molecule has 4 rings (SSSR count). The molecule has 0 fully saturated rings. The number of hydrogen-bond acceptors (Lipinski definition) is 4. The smallest absolute Gasteiger partial charge is 0.336 e. The predicted octanol–water partition coefficient (Wildman–Crippen LogP) is 5.36. The standard InChI is InChI=1S/C24H27NO3/c1-4-6-9-18-13-22(26)28-24-16(3)23-19(12-21(18)24)14-25(15-27-23)20-10-7-8-17(5-2)11-20/h7-8,10-13H,4-6,9,14-15H2,1-3H3. The van der Waals surface area contributed by atoms with Gasteiger partial charge in [-0.2, -0.15) is 0 Å². The molecular formula is C24H27NO3. The summed E-state index contributed by atoms with van der Waals surface area (Å²) in [5, 5.41) is 1.04. The van der Waals surface area contributed by atoms with E-state index in [9.17, 15) is 4.79 Å². The van der Waals surface area contributed by atoms with E-state index in [1.807, 2.05) is 6.92 Å². The van der Waals surface area contributed by atoms with Crippen molar-refractivity contribution in [2.75, 3.05) is 11.6 Å². The van der Waals surface area contributed by atoms with Crippen molar-refractivity contribution in [3.8, 4) is 5.75 Å². The second kappa shape index (κ2) is 7.70. The molecule has 1 aliphatic rings. The average molecular weight is 377 g/mol. The van der Waals surface area contributed by atoms with Crippen molar-refractivity contribution < 1.29 is 9.15 Å². The largest absolute Gasteiger partial charge is 0.472 e. The van der Waals surface area contributed by atoms with Crippen LogP contribution in [0.5, 0.6) is 5.75 Å². The molecule has 0 saturated heterocycles. The summed E-state index contributed by atoms with van der Waals surface area (Å²) < 4.78 is 11.7. The Balaban J connectivity index is 1.77. The Morgan fingerprint density at radius 1 is 1.14 bits per heavy atom. The summed E-state index contributed by atoms with van der Waals surface area (Å²) in [7, 11) is 0. The maximum absolute atomic E-state index is 12.1. The lowest BCUT2D eigenvalue weighted by Gasteiger charge is -2.32. The van der Waals surface area contributed by atoms with Gasteiger partial charge in [0.2, 0.25) is 0 Å². The van der Waals surface area contributed by atoms with E-state index in [1.54, 1.807) is 6.07 Å². The lowest BCUT2D eigenvalue weighted by Crippen LogP contribution is -2.32. The minimum Gasteiger partial charge on any atom is -0.472 e. The van der Waals surface area contributed by atoms with Crippen LogP contribution in [-0.2, 0) is 19.4 Å². The fourth-order valence-electron chi connectivity index (χ4n) is 4.00. The summed E-state index contributed by atoms with van der Waals surface area (Å²) in [5.41, 5.74) is 6.02. The van der Waals surface area contributed by atoms with Crippen molar-refractivity contribution in [1.82, 2.24) is 0 Å². The molecule has 0 atom stereocenters. The fourth-order valence-corrected chi connectivity index (χ4v) is 4.00. The number of fused-ring (bicyclic) bond motifs is 2. The number of benzene rings is 2. The van der Waals surface area contributed by atoms with E-state index in [0.29, 0.717) is 12.3 Å². The molecule has 1 aliphatic heterocycles. The first-order valence-corrected chi connectivity index (χ1v) is 10.2. The molecule has 0 aliphatic carbocycles. The normalized spacial score (nSPS) is 13.5. The Kier molecular flexibility index (Phi) is 5.12. The summed E-state index contributed by atoms with van der Waals surface area (Å²) in [4.78, 5) is 14.3. The molecule has 0 saturated carbocycles. The number of nitrogens with zero attached hydrogens (tertiary/aromatic N) is 1. The third-order valence-corrected chi connectivity index (χ3v) is 5.59. The number of rotatable bonds is 5. The van der Waals surface area contributed by atoms with Gasteiger partial charge in [0, 0.05) is 34.8 Å². The SMILES string of the molecule is CCCCc1cc(=O)oc2c(C)c3c(cc12)CN(c1cccc(CC)c1)CO3. The van der Waals surface area contributed by atoms with Crippen LogP contribution in [-0.4, -0.2) is 6.73 Å². The van der Waals surface area contributed by atoms with Gasteiger partial charge in [-0.25, -0.2) is 4.79 Å². The number of anilines is 1. The second-order valence-corrected chi connectivity index (χ2v) is 7.56. The van der Waals surface area contributed by atoms with Gasteiger partial charge in [0.05, 0.1) is 0 Å². The highest BCUT2D eigenvalue weighted by atomic mass is 16.5. The molecule has 1 aromatic heterocycles. The monoisotopic (exact) mass is 377 g/mol. The van der Waals surface area contributed by atoms with Gasteiger partial charge in [-0.05, 0) is 55.5 Å². The first kappa shape index (κ1) is 18.6. The zero-order valence-electron chi connectivity index (χ0n) is 16.9. The molecule has 0 bridgehead atoms. The molecule has 4 nitrogen and oxygen atoms in total. The third kappa shape index (κ3) is 3.39. The van der Waals surface area contributed by atoms with E-state index in [0.717, 1.165) is 60.1 Å².